The van der Waals surface area contributed by atoms with Crippen molar-refractivity contribution in [3.63, 3.8) is 0 Å². The number of carbonyl (C=O) groups excluding carboxylic acids is 2. The van der Waals surface area contributed by atoms with Crippen molar-refractivity contribution in [3.8, 4) is 0 Å². The zero-order valence-electron chi connectivity index (χ0n) is 12.4. The van der Waals surface area contributed by atoms with Crippen LogP contribution in [0.5, 0.6) is 0 Å². The van der Waals surface area contributed by atoms with E-state index in [-0.39, 0.29) is 30.6 Å². The number of hydrogen-bond acceptors (Lipinski definition) is 4. The molecule has 1 saturated heterocycles. The highest BCUT2D eigenvalue weighted by molar-refractivity contribution is 5.92. The number of likely N-dealkylation sites (tertiary alicyclic amines) is 1. The maximum Gasteiger partial charge on any atom is 0.410 e. The predicted octanol–water partition coefficient (Wildman–Crippen LogP) is 2.32. The van der Waals surface area contributed by atoms with E-state index in [1.807, 2.05) is 6.08 Å². The fourth-order valence-corrected chi connectivity index (χ4v) is 2.33. The Kier molecular flexibility index (Phi) is 6.45. The Hall–Kier alpha value is -1.62. The van der Waals surface area contributed by atoms with Gasteiger partial charge >= 0.3 is 6.09 Å². The smallest absolute Gasteiger partial charge is 0.410 e. The number of ketones is 1. The second-order valence-corrected chi connectivity index (χ2v) is 4.93. The van der Waals surface area contributed by atoms with Crippen LogP contribution in [0.15, 0.2) is 24.3 Å². The molecule has 0 bridgehead atoms. The van der Waals surface area contributed by atoms with Gasteiger partial charge in [-0.25, -0.2) is 4.79 Å². The summed E-state index contributed by atoms with van der Waals surface area (Å²) >= 11 is 0. The van der Waals surface area contributed by atoms with Gasteiger partial charge in [-0.1, -0.05) is 18.7 Å². The summed E-state index contributed by atoms with van der Waals surface area (Å²) in [5.74, 6) is 0.0135. The summed E-state index contributed by atoms with van der Waals surface area (Å²) in [5, 5.41) is 0. The molecule has 0 aromatic rings. The molecule has 2 atom stereocenters. The minimum Gasteiger partial charge on any atom is -0.445 e. The summed E-state index contributed by atoms with van der Waals surface area (Å²) in [6.07, 6.45) is 4.63. The van der Waals surface area contributed by atoms with Gasteiger partial charge in [-0.05, 0) is 32.3 Å². The van der Waals surface area contributed by atoms with Crippen LogP contribution < -0.4 is 0 Å². The number of Topliss-reactive ketones (excluding diaryl/α,β-unsaturated/α-hetero) is 1. The van der Waals surface area contributed by atoms with Crippen LogP contribution in [-0.4, -0.2) is 49.2 Å². The van der Waals surface area contributed by atoms with Gasteiger partial charge in [-0.15, -0.1) is 0 Å². The van der Waals surface area contributed by atoms with E-state index in [0.717, 1.165) is 12.8 Å². The Bertz CT molecular complexity index is 403. The first kappa shape index (κ1) is 16.4. The third-order valence-electron chi connectivity index (χ3n) is 3.44. The topological polar surface area (TPSA) is 55.8 Å². The van der Waals surface area contributed by atoms with E-state index < -0.39 is 0 Å². The first-order valence-corrected chi connectivity index (χ1v) is 6.75. The molecule has 0 aliphatic carbocycles. The maximum atomic E-state index is 12.1. The highest BCUT2D eigenvalue weighted by atomic mass is 16.6. The molecule has 0 radical (unpaired) electrons. The molecule has 112 valence electrons. The van der Waals surface area contributed by atoms with Crippen LogP contribution in [0.25, 0.3) is 0 Å². The molecule has 1 heterocycles. The monoisotopic (exact) mass is 281 g/mol. The van der Waals surface area contributed by atoms with Gasteiger partial charge in [-0.3, -0.25) is 9.69 Å². The summed E-state index contributed by atoms with van der Waals surface area (Å²) in [6.45, 7) is 7.46. The minimum absolute atomic E-state index is 0.0135. The molecule has 5 heteroatoms. The SMILES string of the molecule is C=CCOC(=O)N1C(/C=C(\C)C(C)=O)CCC1COC. The van der Waals surface area contributed by atoms with Crippen LogP contribution in [0, 0.1) is 0 Å². The predicted molar refractivity (Wildman–Crippen MR) is 76.5 cm³/mol. The van der Waals surface area contributed by atoms with Crippen LogP contribution in [0.2, 0.25) is 0 Å². The zero-order valence-corrected chi connectivity index (χ0v) is 12.4. The van der Waals surface area contributed by atoms with Gasteiger partial charge in [0.1, 0.15) is 6.61 Å². The molecule has 20 heavy (non-hydrogen) atoms. The lowest BCUT2D eigenvalue weighted by atomic mass is 10.1. The van der Waals surface area contributed by atoms with Crippen molar-refractivity contribution >= 4 is 11.9 Å². The highest BCUT2D eigenvalue weighted by Crippen LogP contribution is 2.27. The standard InChI is InChI=1S/C15H23NO4/c1-5-8-20-15(18)16-13(9-11(2)12(3)17)6-7-14(16)10-19-4/h5,9,13-14H,1,6-8,10H2,2-4H3/b11-9+. The van der Waals surface area contributed by atoms with Gasteiger partial charge in [0.05, 0.1) is 18.7 Å². The van der Waals surface area contributed by atoms with Gasteiger partial charge in [-0.2, -0.15) is 0 Å². The second kappa shape index (κ2) is 7.85. The molecule has 0 saturated carbocycles. The Morgan fingerprint density at radius 3 is 2.60 bits per heavy atom. The van der Waals surface area contributed by atoms with Crippen LogP contribution in [0.1, 0.15) is 26.7 Å². The number of methoxy groups -OCH3 is 1. The van der Waals surface area contributed by atoms with E-state index in [1.165, 1.54) is 13.0 Å². The highest BCUT2D eigenvalue weighted by Gasteiger charge is 2.36. The van der Waals surface area contributed by atoms with Crippen molar-refractivity contribution < 1.29 is 19.1 Å². The van der Waals surface area contributed by atoms with Gasteiger partial charge in [0.15, 0.2) is 5.78 Å². The molecule has 1 amide bonds. The molecule has 1 fully saturated rings. The largest absolute Gasteiger partial charge is 0.445 e. The number of nitrogens with zero attached hydrogens (tertiary/aromatic N) is 1. The Balaban J connectivity index is 2.87. The average molecular weight is 281 g/mol. The minimum atomic E-state index is -0.387. The fraction of sp³-hybridized carbons (Fsp3) is 0.600. The van der Waals surface area contributed by atoms with E-state index in [2.05, 4.69) is 6.58 Å². The number of hydrogen-bond donors (Lipinski definition) is 0. The van der Waals surface area contributed by atoms with Gasteiger partial charge < -0.3 is 9.47 Å². The maximum absolute atomic E-state index is 12.1. The van der Waals surface area contributed by atoms with E-state index in [1.54, 1.807) is 18.9 Å². The van der Waals surface area contributed by atoms with Crippen molar-refractivity contribution in [1.82, 2.24) is 4.90 Å². The molecule has 0 spiro atoms. The quantitative estimate of drug-likeness (QED) is 0.554. The first-order chi connectivity index (χ1) is 9.51. The number of amides is 1. The lowest BCUT2D eigenvalue weighted by Gasteiger charge is -2.27. The molecule has 0 aromatic heterocycles. The van der Waals surface area contributed by atoms with Crippen molar-refractivity contribution in [2.45, 2.75) is 38.8 Å². The normalized spacial score (nSPS) is 22.8. The molecule has 1 aliphatic rings. The van der Waals surface area contributed by atoms with Crippen LogP contribution in [0.4, 0.5) is 4.79 Å². The van der Waals surface area contributed by atoms with E-state index in [9.17, 15) is 9.59 Å². The molecule has 0 aromatic carbocycles. The first-order valence-electron chi connectivity index (χ1n) is 6.75. The fourth-order valence-electron chi connectivity index (χ4n) is 2.33. The zero-order chi connectivity index (χ0) is 15.1. The average Bonchev–Trinajstić information content (AvgIpc) is 2.79. The number of ether oxygens (including phenoxy) is 2. The van der Waals surface area contributed by atoms with E-state index >= 15 is 0 Å². The lowest BCUT2D eigenvalue weighted by Crippen LogP contribution is -2.43. The molecular weight excluding hydrogens is 258 g/mol. The van der Waals surface area contributed by atoms with Crippen molar-refractivity contribution in [1.29, 1.82) is 0 Å². The summed E-state index contributed by atoms with van der Waals surface area (Å²) in [6, 6.07) is -0.130. The van der Waals surface area contributed by atoms with Gasteiger partial charge in [0.25, 0.3) is 0 Å². The molecule has 0 N–H and O–H groups in total. The molecule has 1 aliphatic heterocycles. The second-order valence-electron chi connectivity index (χ2n) is 4.93. The summed E-state index contributed by atoms with van der Waals surface area (Å²) in [7, 11) is 1.61. The third-order valence-corrected chi connectivity index (χ3v) is 3.44. The summed E-state index contributed by atoms with van der Waals surface area (Å²) in [4.78, 5) is 25.1. The number of allylic oxidation sites excluding steroid dienone is 1. The molecule has 1 rings (SSSR count). The van der Waals surface area contributed by atoms with Crippen LogP contribution in [-0.2, 0) is 14.3 Å². The van der Waals surface area contributed by atoms with Crippen molar-refractivity contribution in [2.24, 2.45) is 0 Å². The van der Waals surface area contributed by atoms with E-state index in [0.29, 0.717) is 12.2 Å². The summed E-state index contributed by atoms with van der Waals surface area (Å²) in [5.41, 5.74) is 0.662. The summed E-state index contributed by atoms with van der Waals surface area (Å²) < 4.78 is 10.3. The number of carbonyl (C=O) groups is 2. The lowest BCUT2D eigenvalue weighted by molar-refractivity contribution is -0.113. The van der Waals surface area contributed by atoms with Crippen LogP contribution >= 0.6 is 0 Å². The molecule has 2 unspecified atom stereocenters. The van der Waals surface area contributed by atoms with E-state index in [4.69, 9.17) is 9.47 Å². The Morgan fingerprint density at radius 1 is 1.35 bits per heavy atom. The Morgan fingerprint density at radius 2 is 2.05 bits per heavy atom. The van der Waals surface area contributed by atoms with Gasteiger partial charge in [0.2, 0.25) is 0 Å². The van der Waals surface area contributed by atoms with Crippen molar-refractivity contribution in [2.75, 3.05) is 20.3 Å². The van der Waals surface area contributed by atoms with Crippen molar-refractivity contribution in [3.05, 3.63) is 24.3 Å². The third kappa shape index (κ3) is 4.20. The Labute approximate surface area is 120 Å². The molecule has 5 nitrogen and oxygen atoms in total. The van der Waals surface area contributed by atoms with Gasteiger partial charge in [0, 0.05) is 7.11 Å². The molecular formula is C15H23NO4. The van der Waals surface area contributed by atoms with Crippen LogP contribution in [0.3, 0.4) is 0 Å². The number of rotatable bonds is 6.